The molecule has 0 fully saturated rings. The Hall–Kier alpha value is -2.03. The molecule has 0 bridgehead atoms. The van der Waals surface area contributed by atoms with Gasteiger partial charge in [-0.2, -0.15) is 5.10 Å². The molecule has 21 heavy (non-hydrogen) atoms. The third-order valence-corrected chi connectivity index (χ3v) is 3.87. The second-order valence-corrected chi connectivity index (χ2v) is 5.20. The highest BCUT2D eigenvalue weighted by molar-refractivity contribution is 7.10. The van der Waals surface area contributed by atoms with Crippen LogP contribution in [0.2, 0.25) is 0 Å². The van der Waals surface area contributed by atoms with E-state index in [1.54, 1.807) is 4.68 Å². The minimum atomic E-state index is -0.342. The second-order valence-electron chi connectivity index (χ2n) is 4.44. The minimum absolute atomic E-state index is 0.133. The van der Waals surface area contributed by atoms with Crippen molar-refractivity contribution in [1.82, 2.24) is 19.4 Å². The lowest BCUT2D eigenvalue weighted by molar-refractivity contribution is -0.386. The molecular formula is C12H18N6O2S. The Labute approximate surface area is 126 Å². The Bertz CT molecular complexity index is 636. The number of hydrogen-bond donors (Lipinski definition) is 1. The smallest absolute Gasteiger partial charge is 0.313 e. The molecule has 0 spiro atoms. The van der Waals surface area contributed by atoms with Crippen LogP contribution in [-0.2, 0) is 19.4 Å². The summed E-state index contributed by atoms with van der Waals surface area (Å²) in [4.78, 5) is 10.9. The number of rotatable bonds is 7. The summed E-state index contributed by atoms with van der Waals surface area (Å²) in [5.41, 5.74) is 2.04. The van der Waals surface area contributed by atoms with E-state index >= 15 is 0 Å². The molecule has 0 aromatic carbocycles. The molecular weight excluding hydrogens is 292 g/mol. The van der Waals surface area contributed by atoms with Crippen LogP contribution in [0.1, 0.15) is 37.9 Å². The number of nitro groups is 1. The standard InChI is InChI=1S/C12H18N6O2S/c1-4-8-11(18(19)20)10(5-2)17(15-8)7-9-12(13-6-3)21-16-14-9/h13H,4-7H2,1-3H3. The van der Waals surface area contributed by atoms with Gasteiger partial charge >= 0.3 is 5.69 Å². The van der Waals surface area contributed by atoms with Gasteiger partial charge in [0.1, 0.15) is 22.1 Å². The predicted molar refractivity (Wildman–Crippen MR) is 80.8 cm³/mol. The zero-order chi connectivity index (χ0) is 15.4. The van der Waals surface area contributed by atoms with E-state index in [1.807, 2.05) is 20.8 Å². The first-order valence-corrected chi connectivity index (χ1v) is 7.67. The van der Waals surface area contributed by atoms with E-state index in [0.29, 0.717) is 30.8 Å². The molecule has 0 amide bonds. The highest BCUT2D eigenvalue weighted by Gasteiger charge is 2.26. The summed E-state index contributed by atoms with van der Waals surface area (Å²) < 4.78 is 5.61. The monoisotopic (exact) mass is 310 g/mol. The molecule has 8 nitrogen and oxygen atoms in total. The first-order chi connectivity index (χ1) is 10.1. The van der Waals surface area contributed by atoms with Gasteiger partial charge in [-0.05, 0) is 19.8 Å². The summed E-state index contributed by atoms with van der Waals surface area (Å²) in [5, 5.41) is 23.8. The molecule has 2 aromatic rings. The van der Waals surface area contributed by atoms with Gasteiger partial charge in [0, 0.05) is 18.1 Å². The van der Waals surface area contributed by atoms with Crippen molar-refractivity contribution in [3.05, 3.63) is 27.2 Å². The number of nitrogens with one attached hydrogen (secondary N) is 1. The summed E-state index contributed by atoms with van der Waals surface area (Å²) >= 11 is 1.28. The Balaban J connectivity index is 2.40. The summed E-state index contributed by atoms with van der Waals surface area (Å²) in [7, 11) is 0. The topological polar surface area (TPSA) is 98.8 Å². The van der Waals surface area contributed by atoms with Crippen LogP contribution >= 0.6 is 11.5 Å². The molecule has 0 radical (unpaired) electrons. The van der Waals surface area contributed by atoms with Crippen molar-refractivity contribution < 1.29 is 4.92 Å². The summed E-state index contributed by atoms with van der Waals surface area (Å²) in [6, 6.07) is 0. The average molecular weight is 310 g/mol. The molecule has 0 aliphatic heterocycles. The van der Waals surface area contributed by atoms with E-state index in [9.17, 15) is 10.1 Å². The largest absolute Gasteiger partial charge is 0.374 e. The summed E-state index contributed by atoms with van der Waals surface area (Å²) in [5.74, 6) is 0. The van der Waals surface area contributed by atoms with E-state index in [2.05, 4.69) is 20.0 Å². The van der Waals surface area contributed by atoms with Gasteiger partial charge in [0.2, 0.25) is 0 Å². The lowest BCUT2D eigenvalue weighted by atomic mass is 10.2. The Morgan fingerprint density at radius 2 is 2.05 bits per heavy atom. The van der Waals surface area contributed by atoms with Crippen LogP contribution in [0.25, 0.3) is 0 Å². The van der Waals surface area contributed by atoms with Crippen LogP contribution in [0.4, 0.5) is 10.7 Å². The molecule has 2 rings (SSSR count). The molecule has 2 aromatic heterocycles. The van der Waals surface area contributed by atoms with Crippen molar-refractivity contribution in [2.45, 2.75) is 40.2 Å². The molecule has 2 heterocycles. The fourth-order valence-electron chi connectivity index (χ4n) is 2.22. The van der Waals surface area contributed by atoms with Gasteiger partial charge in [0.25, 0.3) is 0 Å². The van der Waals surface area contributed by atoms with Crippen molar-refractivity contribution in [3.8, 4) is 0 Å². The third-order valence-electron chi connectivity index (χ3n) is 3.14. The van der Waals surface area contributed by atoms with E-state index in [1.165, 1.54) is 11.5 Å². The molecule has 0 unspecified atom stereocenters. The van der Waals surface area contributed by atoms with Gasteiger partial charge in [0.15, 0.2) is 0 Å². The maximum Gasteiger partial charge on any atom is 0.313 e. The molecule has 0 saturated heterocycles. The fourth-order valence-corrected chi connectivity index (χ4v) is 2.86. The normalized spacial score (nSPS) is 10.8. The SMILES string of the molecule is CCNc1snnc1Cn1nc(CC)c([N+](=O)[O-])c1CC. The van der Waals surface area contributed by atoms with Crippen molar-refractivity contribution in [3.63, 3.8) is 0 Å². The zero-order valence-electron chi connectivity index (χ0n) is 12.3. The number of hydrogen-bond acceptors (Lipinski definition) is 7. The Morgan fingerprint density at radius 1 is 1.29 bits per heavy atom. The van der Waals surface area contributed by atoms with Crippen molar-refractivity contribution in [2.24, 2.45) is 0 Å². The Kier molecular flexibility index (Phi) is 4.84. The first-order valence-electron chi connectivity index (χ1n) is 6.90. The van der Waals surface area contributed by atoms with Crippen molar-refractivity contribution in [1.29, 1.82) is 0 Å². The van der Waals surface area contributed by atoms with Crippen LogP contribution in [0.3, 0.4) is 0 Å². The molecule has 0 saturated carbocycles. The number of nitrogens with zero attached hydrogens (tertiary/aromatic N) is 5. The zero-order valence-corrected chi connectivity index (χ0v) is 13.1. The molecule has 9 heteroatoms. The van der Waals surface area contributed by atoms with E-state index in [4.69, 9.17) is 0 Å². The number of aromatic nitrogens is 4. The molecule has 0 atom stereocenters. The Morgan fingerprint density at radius 3 is 2.62 bits per heavy atom. The summed E-state index contributed by atoms with van der Waals surface area (Å²) in [6.45, 7) is 6.92. The molecule has 1 N–H and O–H groups in total. The highest BCUT2D eigenvalue weighted by Crippen LogP contribution is 2.26. The van der Waals surface area contributed by atoms with Gasteiger partial charge in [-0.1, -0.05) is 18.3 Å². The lowest BCUT2D eigenvalue weighted by Crippen LogP contribution is -2.09. The van der Waals surface area contributed by atoms with Gasteiger partial charge in [-0.3, -0.25) is 14.8 Å². The van der Waals surface area contributed by atoms with Gasteiger partial charge in [-0.25, -0.2) is 0 Å². The van der Waals surface area contributed by atoms with Crippen LogP contribution in [0.5, 0.6) is 0 Å². The molecule has 114 valence electrons. The average Bonchev–Trinajstić information content (AvgIpc) is 3.04. The maximum absolute atomic E-state index is 11.3. The second kappa shape index (κ2) is 6.61. The first kappa shape index (κ1) is 15.4. The third kappa shape index (κ3) is 3.02. The number of anilines is 1. The highest BCUT2D eigenvalue weighted by atomic mass is 32.1. The van der Waals surface area contributed by atoms with Gasteiger partial charge < -0.3 is 5.32 Å². The van der Waals surface area contributed by atoms with Crippen LogP contribution in [0, 0.1) is 10.1 Å². The minimum Gasteiger partial charge on any atom is -0.374 e. The van der Waals surface area contributed by atoms with Crippen LogP contribution in [-0.4, -0.2) is 30.8 Å². The van der Waals surface area contributed by atoms with Crippen LogP contribution in [0.15, 0.2) is 0 Å². The van der Waals surface area contributed by atoms with E-state index < -0.39 is 0 Å². The van der Waals surface area contributed by atoms with Crippen molar-refractivity contribution >= 4 is 22.2 Å². The quantitative estimate of drug-likeness (QED) is 0.622. The lowest BCUT2D eigenvalue weighted by Gasteiger charge is -2.05. The van der Waals surface area contributed by atoms with Gasteiger partial charge in [-0.15, -0.1) is 5.10 Å². The molecule has 0 aliphatic carbocycles. The molecule has 0 aliphatic rings. The maximum atomic E-state index is 11.3. The summed E-state index contributed by atoms with van der Waals surface area (Å²) in [6.07, 6.45) is 1.09. The predicted octanol–water partition coefficient (Wildman–Crippen LogP) is 2.25. The van der Waals surface area contributed by atoms with Crippen molar-refractivity contribution in [2.75, 3.05) is 11.9 Å². The van der Waals surface area contributed by atoms with Crippen LogP contribution < -0.4 is 5.32 Å². The van der Waals surface area contributed by atoms with E-state index in [0.717, 1.165) is 17.2 Å². The number of aryl methyl sites for hydroxylation is 1. The van der Waals surface area contributed by atoms with Gasteiger partial charge in [0.05, 0.1) is 11.5 Å². The van der Waals surface area contributed by atoms with E-state index in [-0.39, 0.29) is 10.6 Å². The fraction of sp³-hybridized carbons (Fsp3) is 0.583.